The smallest absolute Gasteiger partial charge is 0.151 e. The molecule has 4 nitrogen and oxygen atoms in total. The van der Waals surface area contributed by atoms with Gasteiger partial charge in [0.2, 0.25) is 0 Å². The summed E-state index contributed by atoms with van der Waals surface area (Å²) in [5.41, 5.74) is 7.54. The van der Waals surface area contributed by atoms with Gasteiger partial charge in [0.25, 0.3) is 0 Å². The summed E-state index contributed by atoms with van der Waals surface area (Å²) in [7, 11) is -2.85. The van der Waals surface area contributed by atoms with E-state index in [4.69, 9.17) is 10.7 Å². The number of nitrogens with two attached hydrogens (primary N) is 1. The van der Waals surface area contributed by atoms with Gasteiger partial charge < -0.3 is 5.73 Å². The van der Waals surface area contributed by atoms with Gasteiger partial charge in [-0.05, 0) is 24.7 Å². The maximum atomic E-state index is 11.6. The summed E-state index contributed by atoms with van der Waals surface area (Å²) in [4.78, 5) is 5.90. The molecule has 0 spiro atoms. The lowest BCUT2D eigenvalue weighted by Crippen LogP contribution is -2.28. The van der Waals surface area contributed by atoms with Crippen molar-refractivity contribution in [2.24, 2.45) is 11.1 Å². The van der Waals surface area contributed by atoms with E-state index in [1.165, 1.54) is 4.88 Å². The molecule has 1 aromatic heterocycles. The maximum absolute atomic E-state index is 11.6. The van der Waals surface area contributed by atoms with Crippen molar-refractivity contribution in [1.29, 1.82) is 0 Å². The molecule has 0 saturated carbocycles. The van der Waals surface area contributed by atoms with Crippen molar-refractivity contribution in [3.8, 4) is 0 Å². The van der Waals surface area contributed by atoms with Gasteiger partial charge in [-0.1, -0.05) is 13.8 Å². The minimum Gasteiger partial charge on any atom is -0.323 e. The first-order valence-electron chi connectivity index (χ1n) is 6.71. The summed E-state index contributed by atoms with van der Waals surface area (Å²) in [6.45, 7) is 4.43. The molecule has 1 aromatic rings. The number of thiazole rings is 1. The zero-order chi connectivity index (χ0) is 13.8. The predicted octanol–water partition coefficient (Wildman–Crippen LogP) is 2.02. The summed E-state index contributed by atoms with van der Waals surface area (Å²) in [6.07, 6.45) is 2.64. The van der Waals surface area contributed by atoms with Crippen LogP contribution in [0.15, 0.2) is 0 Å². The zero-order valence-corrected chi connectivity index (χ0v) is 13.0. The molecule has 2 N–H and O–H groups in total. The molecule has 1 aliphatic heterocycles. The molecule has 106 valence electrons. The van der Waals surface area contributed by atoms with Gasteiger partial charge in [-0.2, -0.15) is 0 Å². The van der Waals surface area contributed by atoms with Crippen molar-refractivity contribution in [2.75, 3.05) is 11.5 Å². The van der Waals surface area contributed by atoms with Crippen LogP contribution in [0.3, 0.4) is 0 Å². The van der Waals surface area contributed by atoms with Crippen LogP contribution in [0, 0.1) is 5.41 Å². The highest BCUT2D eigenvalue weighted by Gasteiger charge is 2.36. The maximum Gasteiger partial charge on any atom is 0.151 e. The van der Waals surface area contributed by atoms with E-state index in [9.17, 15) is 8.42 Å². The normalized spacial score (nSPS) is 32.2. The first kappa shape index (κ1) is 13.5. The highest BCUT2D eigenvalue weighted by atomic mass is 32.2. The third-order valence-corrected chi connectivity index (χ3v) is 7.24. The average molecular weight is 300 g/mol. The Balaban J connectivity index is 1.91. The summed E-state index contributed by atoms with van der Waals surface area (Å²) in [5, 5.41) is 0.985. The molecular weight excluding hydrogens is 280 g/mol. The van der Waals surface area contributed by atoms with Crippen LogP contribution in [0.4, 0.5) is 0 Å². The standard InChI is InChI=1S/C13H20N2O2S2/c1-13(2)5-9(14)11-10(6-13)15-12(18-11)8-3-4-19(16,17)7-8/h8-9H,3-7,14H2,1-2H3. The Morgan fingerprint density at radius 1 is 1.42 bits per heavy atom. The number of sulfone groups is 1. The molecule has 2 heterocycles. The lowest BCUT2D eigenvalue weighted by atomic mass is 9.77. The van der Waals surface area contributed by atoms with E-state index < -0.39 is 9.84 Å². The molecule has 2 aliphatic rings. The highest BCUT2D eigenvalue weighted by molar-refractivity contribution is 7.91. The molecule has 0 radical (unpaired) electrons. The summed E-state index contributed by atoms with van der Waals surface area (Å²) in [5.74, 6) is 0.660. The monoisotopic (exact) mass is 300 g/mol. The fraction of sp³-hybridized carbons (Fsp3) is 0.769. The van der Waals surface area contributed by atoms with E-state index in [0.29, 0.717) is 12.2 Å². The van der Waals surface area contributed by atoms with Gasteiger partial charge in [-0.3, -0.25) is 0 Å². The van der Waals surface area contributed by atoms with Crippen LogP contribution in [-0.2, 0) is 16.3 Å². The Hall–Kier alpha value is -0.460. The fourth-order valence-corrected chi connectivity index (χ4v) is 6.25. The Labute approximate surface area is 118 Å². The van der Waals surface area contributed by atoms with E-state index in [1.807, 2.05) is 0 Å². The minimum atomic E-state index is -2.85. The molecule has 3 rings (SSSR count). The topological polar surface area (TPSA) is 73.0 Å². The molecule has 2 atom stereocenters. The molecule has 1 aliphatic carbocycles. The quantitative estimate of drug-likeness (QED) is 0.861. The second-order valence-electron chi connectivity index (χ2n) is 6.61. The molecule has 0 amide bonds. The van der Waals surface area contributed by atoms with Gasteiger partial charge in [-0.15, -0.1) is 11.3 Å². The number of nitrogens with zero attached hydrogens (tertiary/aromatic N) is 1. The SMILES string of the molecule is CC1(C)Cc2nc(C3CCS(=O)(=O)C3)sc2C(N)C1. The number of fused-ring (bicyclic) bond motifs is 1. The van der Waals surface area contributed by atoms with Crippen LogP contribution in [0.25, 0.3) is 0 Å². The van der Waals surface area contributed by atoms with Crippen LogP contribution in [0.1, 0.15) is 54.2 Å². The molecular formula is C13H20N2O2S2. The van der Waals surface area contributed by atoms with Crippen molar-refractivity contribution in [3.05, 3.63) is 15.6 Å². The van der Waals surface area contributed by atoms with Gasteiger partial charge >= 0.3 is 0 Å². The van der Waals surface area contributed by atoms with Crippen LogP contribution in [0.5, 0.6) is 0 Å². The van der Waals surface area contributed by atoms with Crippen LogP contribution < -0.4 is 5.73 Å². The second-order valence-corrected chi connectivity index (χ2v) is 9.91. The van der Waals surface area contributed by atoms with Gasteiger partial charge in [0, 0.05) is 16.8 Å². The fourth-order valence-electron chi connectivity index (χ4n) is 3.18. The van der Waals surface area contributed by atoms with Gasteiger partial charge in [0.15, 0.2) is 9.84 Å². The molecule has 2 unspecified atom stereocenters. The molecule has 6 heteroatoms. The molecule has 19 heavy (non-hydrogen) atoms. The molecule has 0 aromatic carbocycles. The Kier molecular flexibility index (Phi) is 3.04. The van der Waals surface area contributed by atoms with Crippen molar-refractivity contribution < 1.29 is 8.42 Å². The van der Waals surface area contributed by atoms with Gasteiger partial charge in [-0.25, -0.2) is 13.4 Å². The Morgan fingerprint density at radius 3 is 2.79 bits per heavy atom. The van der Waals surface area contributed by atoms with Crippen molar-refractivity contribution >= 4 is 21.2 Å². The zero-order valence-electron chi connectivity index (χ0n) is 11.3. The van der Waals surface area contributed by atoms with Gasteiger partial charge in [0.05, 0.1) is 22.2 Å². The molecule has 0 bridgehead atoms. The minimum absolute atomic E-state index is 0.0583. The largest absolute Gasteiger partial charge is 0.323 e. The highest BCUT2D eigenvalue weighted by Crippen LogP contribution is 2.44. The Bertz CT molecular complexity index is 604. The van der Waals surface area contributed by atoms with Crippen molar-refractivity contribution in [1.82, 2.24) is 4.98 Å². The number of hydrogen-bond acceptors (Lipinski definition) is 5. The first-order valence-corrected chi connectivity index (χ1v) is 9.35. The van der Waals surface area contributed by atoms with Crippen molar-refractivity contribution in [3.63, 3.8) is 0 Å². The average Bonchev–Trinajstić information content (AvgIpc) is 2.79. The number of rotatable bonds is 1. The first-order chi connectivity index (χ1) is 8.76. The summed E-state index contributed by atoms with van der Waals surface area (Å²) >= 11 is 1.64. The van der Waals surface area contributed by atoms with E-state index >= 15 is 0 Å². The third kappa shape index (κ3) is 2.58. The lowest BCUT2D eigenvalue weighted by Gasteiger charge is -2.32. The third-order valence-electron chi connectivity index (χ3n) is 4.08. The number of aromatic nitrogens is 1. The summed E-state index contributed by atoms with van der Waals surface area (Å²) < 4.78 is 23.2. The predicted molar refractivity (Wildman–Crippen MR) is 77.2 cm³/mol. The lowest BCUT2D eigenvalue weighted by molar-refractivity contribution is 0.282. The van der Waals surface area contributed by atoms with Crippen molar-refractivity contribution in [2.45, 2.75) is 45.1 Å². The molecule has 1 saturated heterocycles. The summed E-state index contributed by atoms with van der Waals surface area (Å²) in [6, 6.07) is 0.0583. The second kappa shape index (κ2) is 4.27. The Morgan fingerprint density at radius 2 is 2.16 bits per heavy atom. The van der Waals surface area contributed by atoms with Crippen LogP contribution >= 0.6 is 11.3 Å². The van der Waals surface area contributed by atoms with E-state index in [-0.39, 0.29) is 23.1 Å². The number of hydrogen-bond donors (Lipinski definition) is 1. The van der Waals surface area contributed by atoms with E-state index in [2.05, 4.69) is 13.8 Å². The van der Waals surface area contributed by atoms with Gasteiger partial charge in [0.1, 0.15) is 0 Å². The van der Waals surface area contributed by atoms with E-state index in [1.54, 1.807) is 11.3 Å². The molecule has 1 fully saturated rings. The van der Waals surface area contributed by atoms with Crippen LogP contribution in [0.2, 0.25) is 0 Å². The van der Waals surface area contributed by atoms with E-state index in [0.717, 1.165) is 23.5 Å². The van der Waals surface area contributed by atoms with Crippen LogP contribution in [-0.4, -0.2) is 24.9 Å².